The Morgan fingerprint density at radius 2 is 1.90 bits per heavy atom. The number of aromatic nitrogens is 3. The number of nitrogens with one attached hydrogen (secondary N) is 1. The molecule has 166 valence electrons. The van der Waals surface area contributed by atoms with Gasteiger partial charge in [0.1, 0.15) is 21.9 Å². The fourth-order valence-corrected chi connectivity index (χ4v) is 7.47. The van der Waals surface area contributed by atoms with Crippen molar-refractivity contribution in [2.75, 3.05) is 37.7 Å². The number of fused-ring (bicyclic) bond motifs is 1. The summed E-state index contributed by atoms with van der Waals surface area (Å²) in [5, 5.41) is 0.784. The number of rotatable bonds is 5. The van der Waals surface area contributed by atoms with Crippen LogP contribution in [0.3, 0.4) is 0 Å². The van der Waals surface area contributed by atoms with Gasteiger partial charge in [0, 0.05) is 31.9 Å². The van der Waals surface area contributed by atoms with Crippen LogP contribution in [0.25, 0.3) is 10.2 Å². The predicted octanol–water partition coefficient (Wildman–Crippen LogP) is 1.75. The van der Waals surface area contributed by atoms with Crippen LogP contribution in [0.1, 0.15) is 27.9 Å². The lowest BCUT2D eigenvalue weighted by atomic mass is 10.2. The number of thiazole rings is 1. The van der Waals surface area contributed by atoms with Gasteiger partial charge in [-0.3, -0.25) is 4.79 Å². The Hall–Kier alpha value is -2.35. The van der Waals surface area contributed by atoms with E-state index in [0.29, 0.717) is 45.6 Å². The number of sulfonamides is 1. The molecule has 0 radical (unpaired) electrons. The standard InChI is InChI=1S/C18H21N5O5S3/c1-4-28-16(24)13-10(2)12-14(19-9-20-15(12)29-13)22-5-7-23(8-6-22)31(26,27)17-11(3)21-18(25)30-17/h9H,4-8H2,1-3H3,(H,21,25). The van der Waals surface area contributed by atoms with Gasteiger partial charge in [0.25, 0.3) is 10.0 Å². The zero-order valence-electron chi connectivity index (χ0n) is 17.2. The second kappa shape index (κ2) is 8.30. The van der Waals surface area contributed by atoms with E-state index >= 15 is 0 Å². The molecule has 3 aromatic rings. The molecule has 4 rings (SSSR count). The van der Waals surface area contributed by atoms with Crippen molar-refractivity contribution in [1.82, 2.24) is 19.3 Å². The van der Waals surface area contributed by atoms with Gasteiger partial charge in [-0.2, -0.15) is 4.31 Å². The van der Waals surface area contributed by atoms with Gasteiger partial charge in [0.2, 0.25) is 0 Å². The third-order valence-electron chi connectivity index (χ3n) is 5.06. The second-order valence-electron chi connectivity index (χ2n) is 6.97. The zero-order chi connectivity index (χ0) is 22.3. The number of piperazine rings is 1. The Balaban J connectivity index is 1.60. The molecular weight excluding hydrogens is 462 g/mol. The molecule has 4 heterocycles. The fraction of sp³-hybridized carbons (Fsp3) is 0.444. The number of esters is 1. The molecule has 0 atom stereocenters. The summed E-state index contributed by atoms with van der Waals surface area (Å²) in [5.41, 5.74) is 1.12. The van der Waals surface area contributed by atoms with Crippen molar-refractivity contribution in [2.24, 2.45) is 0 Å². The molecule has 10 nitrogen and oxygen atoms in total. The van der Waals surface area contributed by atoms with Gasteiger partial charge in [0.15, 0.2) is 4.21 Å². The largest absolute Gasteiger partial charge is 0.462 e. The SMILES string of the molecule is CCOC(=O)c1sc2ncnc(N3CCN(S(=O)(=O)c4sc(=O)[nH]c4C)CC3)c2c1C. The van der Waals surface area contributed by atoms with Gasteiger partial charge in [-0.05, 0) is 26.3 Å². The molecule has 1 N–H and O–H groups in total. The van der Waals surface area contributed by atoms with Gasteiger partial charge in [-0.25, -0.2) is 23.2 Å². The lowest BCUT2D eigenvalue weighted by Gasteiger charge is -2.34. The minimum absolute atomic E-state index is 0.0585. The molecule has 31 heavy (non-hydrogen) atoms. The molecule has 13 heteroatoms. The van der Waals surface area contributed by atoms with E-state index in [2.05, 4.69) is 15.0 Å². The summed E-state index contributed by atoms with van der Waals surface area (Å²) in [6.45, 7) is 6.83. The average Bonchev–Trinajstić information content (AvgIpc) is 3.27. The van der Waals surface area contributed by atoms with Crippen molar-refractivity contribution < 1.29 is 17.9 Å². The maximum Gasteiger partial charge on any atom is 0.348 e. The van der Waals surface area contributed by atoms with E-state index in [9.17, 15) is 18.0 Å². The monoisotopic (exact) mass is 483 g/mol. The van der Waals surface area contributed by atoms with E-state index in [1.807, 2.05) is 11.8 Å². The first kappa shape index (κ1) is 21.9. The minimum Gasteiger partial charge on any atom is -0.462 e. The Kier molecular flexibility index (Phi) is 5.85. The van der Waals surface area contributed by atoms with E-state index in [0.717, 1.165) is 10.9 Å². The Labute approximate surface area is 186 Å². The first-order valence-electron chi connectivity index (χ1n) is 9.60. The highest BCUT2D eigenvalue weighted by molar-refractivity contribution is 7.91. The predicted molar refractivity (Wildman–Crippen MR) is 119 cm³/mol. The van der Waals surface area contributed by atoms with Crippen molar-refractivity contribution in [3.63, 3.8) is 0 Å². The van der Waals surface area contributed by atoms with E-state index in [1.54, 1.807) is 13.8 Å². The molecule has 0 spiro atoms. The molecule has 1 aliphatic rings. The molecule has 1 saturated heterocycles. The van der Waals surface area contributed by atoms with E-state index in [-0.39, 0.29) is 34.7 Å². The van der Waals surface area contributed by atoms with Gasteiger partial charge in [0.05, 0.1) is 12.0 Å². The smallest absolute Gasteiger partial charge is 0.348 e. The van der Waals surface area contributed by atoms with Gasteiger partial charge >= 0.3 is 10.8 Å². The summed E-state index contributed by atoms with van der Waals surface area (Å²) in [6, 6.07) is 0. The molecule has 0 bridgehead atoms. The quantitative estimate of drug-likeness (QED) is 0.544. The Bertz CT molecular complexity index is 1300. The lowest BCUT2D eigenvalue weighted by Crippen LogP contribution is -2.49. The number of hydrogen-bond donors (Lipinski definition) is 1. The van der Waals surface area contributed by atoms with Gasteiger partial charge in [-0.1, -0.05) is 11.3 Å². The Morgan fingerprint density at radius 3 is 2.52 bits per heavy atom. The number of carbonyl (C=O) groups excluding carboxylic acids is 1. The van der Waals surface area contributed by atoms with Gasteiger partial charge in [-0.15, -0.1) is 11.3 Å². The summed E-state index contributed by atoms with van der Waals surface area (Å²) in [5.74, 6) is 0.291. The number of ether oxygens (including phenoxy) is 1. The average molecular weight is 484 g/mol. The van der Waals surface area contributed by atoms with Crippen LogP contribution in [0.5, 0.6) is 0 Å². The molecular formula is C18H21N5O5S3. The zero-order valence-corrected chi connectivity index (χ0v) is 19.6. The molecule has 0 saturated carbocycles. The van der Waals surface area contributed by atoms with Crippen LogP contribution in [-0.4, -0.2) is 66.4 Å². The Morgan fingerprint density at radius 1 is 1.19 bits per heavy atom. The molecule has 0 unspecified atom stereocenters. The van der Waals surface area contributed by atoms with Crippen LogP contribution in [0.15, 0.2) is 15.3 Å². The number of aromatic amines is 1. The molecule has 0 amide bonds. The number of H-pyrrole nitrogens is 1. The number of hydrogen-bond acceptors (Lipinski definition) is 10. The molecule has 0 aromatic carbocycles. The first-order chi connectivity index (χ1) is 14.7. The van der Waals surface area contributed by atoms with E-state index < -0.39 is 10.0 Å². The van der Waals surface area contributed by atoms with Crippen LogP contribution < -0.4 is 9.77 Å². The van der Waals surface area contributed by atoms with E-state index in [1.165, 1.54) is 22.0 Å². The van der Waals surface area contributed by atoms with Crippen molar-refractivity contribution >= 4 is 54.7 Å². The van der Waals surface area contributed by atoms with Crippen molar-refractivity contribution in [2.45, 2.75) is 25.0 Å². The second-order valence-corrected chi connectivity index (χ2v) is 11.1. The highest BCUT2D eigenvalue weighted by atomic mass is 32.2. The summed E-state index contributed by atoms with van der Waals surface area (Å²) < 4.78 is 32.5. The summed E-state index contributed by atoms with van der Waals surface area (Å²) in [7, 11) is -3.74. The topological polar surface area (TPSA) is 126 Å². The van der Waals surface area contributed by atoms with Crippen LogP contribution in [0.2, 0.25) is 0 Å². The highest BCUT2D eigenvalue weighted by Gasteiger charge is 2.33. The van der Waals surface area contributed by atoms with Crippen LogP contribution in [-0.2, 0) is 14.8 Å². The fourth-order valence-electron chi connectivity index (χ4n) is 3.58. The number of anilines is 1. The maximum atomic E-state index is 13.0. The molecule has 1 fully saturated rings. The molecule has 0 aliphatic carbocycles. The van der Waals surface area contributed by atoms with Crippen molar-refractivity contribution in [3.8, 4) is 0 Å². The van der Waals surface area contributed by atoms with Crippen molar-refractivity contribution in [1.29, 1.82) is 0 Å². The first-order valence-corrected chi connectivity index (χ1v) is 12.7. The van der Waals surface area contributed by atoms with Crippen molar-refractivity contribution in [3.05, 3.63) is 32.1 Å². The third-order valence-corrected chi connectivity index (χ3v) is 9.72. The number of nitrogens with zero attached hydrogens (tertiary/aromatic N) is 4. The number of aryl methyl sites for hydroxylation is 2. The van der Waals surface area contributed by atoms with Crippen LogP contribution in [0, 0.1) is 13.8 Å². The van der Waals surface area contributed by atoms with Crippen LogP contribution in [0.4, 0.5) is 5.82 Å². The molecule has 1 aliphatic heterocycles. The minimum atomic E-state index is -3.74. The highest BCUT2D eigenvalue weighted by Crippen LogP contribution is 2.36. The number of thiophene rings is 1. The lowest BCUT2D eigenvalue weighted by molar-refractivity contribution is 0.0531. The summed E-state index contributed by atoms with van der Waals surface area (Å²) in [6.07, 6.45) is 1.45. The normalized spacial score (nSPS) is 15.5. The third kappa shape index (κ3) is 3.86. The van der Waals surface area contributed by atoms with E-state index in [4.69, 9.17) is 4.74 Å². The maximum absolute atomic E-state index is 13.0. The van der Waals surface area contributed by atoms with Crippen LogP contribution >= 0.6 is 22.7 Å². The number of carbonyl (C=O) groups is 1. The van der Waals surface area contributed by atoms with Gasteiger partial charge < -0.3 is 14.6 Å². The molecule has 3 aromatic heterocycles. The summed E-state index contributed by atoms with van der Waals surface area (Å²) in [4.78, 5) is 37.9. The summed E-state index contributed by atoms with van der Waals surface area (Å²) >= 11 is 1.97.